The molecule has 1 saturated heterocycles. The van der Waals surface area contributed by atoms with Crippen molar-refractivity contribution in [2.24, 2.45) is 0 Å². The molecule has 0 aliphatic carbocycles. The lowest BCUT2D eigenvalue weighted by molar-refractivity contribution is 0.0717. The summed E-state index contributed by atoms with van der Waals surface area (Å²) in [7, 11) is 0. The van der Waals surface area contributed by atoms with Gasteiger partial charge in [0.1, 0.15) is 22.4 Å². The number of amides is 2. The highest BCUT2D eigenvalue weighted by Crippen LogP contribution is 2.19. The van der Waals surface area contributed by atoms with Crippen LogP contribution in [0, 0.1) is 6.92 Å². The predicted molar refractivity (Wildman–Crippen MR) is 101 cm³/mol. The van der Waals surface area contributed by atoms with Gasteiger partial charge in [0.25, 0.3) is 11.8 Å². The summed E-state index contributed by atoms with van der Waals surface area (Å²) >= 11 is 0. The number of nitrogens with one attached hydrogen (secondary N) is 1. The van der Waals surface area contributed by atoms with E-state index in [1.807, 2.05) is 6.92 Å². The van der Waals surface area contributed by atoms with Crippen LogP contribution in [0.15, 0.2) is 22.7 Å². The van der Waals surface area contributed by atoms with E-state index in [4.69, 9.17) is 4.52 Å². The van der Waals surface area contributed by atoms with E-state index in [1.54, 1.807) is 34.9 Å². The monoisotopic (exact) mass is 382 g/mol. The van der Waals surface area contributed by atoms with Crippen molar-refractivity contribution in [2.75, 3.05) is 26.2 Å². The van der Waals surface area contributed by atoms with Gasteiger partial charge in [-0.15, -0.1) is 0 Å². The maximum Gasteiger partial charge on any atom is 0.259 e. The standard InChI is InChI=1S/C19H22N6O3/c1-3-14-17(12(2)28-22-14)19(27)25-8-4-7-24(9-10-25)18(26)13-5-6-15-16(11-13)21-23-20-15/h5-6,11H,3-4,7-10H2,1-2H3,(H,20,21,23). The third-order valence-electron chi connectivity index (χ3n) is 5.12. The van der Waals surface area contributed by atoms with Crippen molar-refractivity contribution in [1.82, 2.24) is 30.4 Å². The van der Waals surface area contributed by atoms with Crippen LogP contribution in [-0.4, -0.2) is 68.4 Å². The van der Waals surface area contributed by atoms with E-state index >= 15 is 0 Å². The van der Waals surface area contributed by atoms with Crippen LogP contribution in [0.4, 0.5) is 0 Å². The fourth-order valence-electron chi connectivity index (χ4n) is 3.57. The number of nitrogens with zero attached hydrogens (tertiary/aromatic N) is 5. The summed E-state index contributed by atoms with van der Waals surface area (Å²) in [6.07, 6.45) is 1.36. The van der Waals surface area contributed by atoms with Crippen LogP contribution >= 0.6 is 0 Å². The molecule has 3 heterocycles. The SMILES string of the molecule is CCc1noc(C)c1C(=O)N1CCCN(C(=O)c2ccc3n[nH]nc3c2)CC1. The smallest absolute Gasteiger partial charge is 0.259 e. The van der Waals surface area contributed by atoms with Gasteiger partial charge in [-0.1, -0.05) is 12.1 Å². The molecule has 9 heteroatoms. The molecular weight excluding hydrogens is 360 g/mol. The number of aromatic nitrogens is 4. The molecule has 146 valence electrons. The highest BCUT2D eigenvalue weighted by molar-refractivity contribution is 5.98. The van der Waals surface area contributed by atoms with Gasteiger partial charge in [0.2, 0.25) is 0 Å². The van der Waals surface area contributed by atoms with Crippen LogP contribution in [0.5, 0.6) is 0 Å². The summed E-state index contributed by atoms with van der Waals surface area (Å²) in [5.74, 6) is 0.406. The fourth-order valence-corrected chi connectivity index (χ4v) is 3.57. The quantitative estimate of drug-likeness (QED) is 0.740. The Hall–Kier alpha value is -3.23. The molecule has 4 rings (SSSR count). The van der Waals surface area contributed by atoms with Crippen molar-refractivity contribution in [1.29, 1.82) is 0 Å². The lowest BCUT2D eigenvalue weighted by atomic mass is 10.1. The van der Waals surface area contributed by atoms with E-state index in [0.717, 1.165) is 11.9 Å². The Balaban J connectivity index is 1.48. The summed E-state index contributed by atoms with van der Waals surface area (Å²) in [5.41, 5.74) is 3.19. The molecule has 2 aromatic heterocycles. The highest BCUT2D eigenvalue weighted by Gasteiger charge is 2.27. The van der Waals surface area contributed by atoms with Crippen molar-refractivity contribution in [3.8, 4) is 0 Å². The average molecular weight is 382 g/mol. The van der Waals surface area contributed by atoms with Gasteiger partial charge in [-0.05, 0) is 38.0 Å². The zero-order valence-corrected chi connectivity index (χ0v) is 15.9. The van der Waals surface area contributed by atoms with Crippen LogP contribution in [0.3, 0.4) is 0 Å². The lowest BCUT2D eigenvalue weighted by Crippen LogP contribution is -2.37. The van der Waals surface area contributed by atoms with E-state index in [2.05, 4.69) is 20.6 Å². The lowest BCUT2D eigenvalue weighted by Gasteiger charge is -2.22. The molecule has 9 nitrogen and oxygen atoms in total. The molecule has 0 spiro atoms. The summed E-state index contributed by atoms with van der Waals surface area (Å²) in [5, 5.41) is 14.6. The molecule has 0 saturated carbocycles. The van der Waals surface area contributed by atoms with Gasteiger partial charge < -0.3 is 14.3 Å². The molecule has 1 aliphatic rings. The minimum absolute atomic E-state index is 0.0606. The van der Waals surface area contributed by atoms with Gasteiger partial charge in [-0.25, -0.2) is 0 Å². The van der Waals surface area contributed by atoms with Gasteiger partial charge in [0.05, 0.1) is 5.69 Å². The zero-order valence-electron chi connectivity index (χ0n) is 15.9. The molecule has 1 aliphatic heterocycles. The Labute approximate surface area is 161 Å². The van der Waals surface area contributed by atoms with Crippen molar-refractivity contribution >= 4 is 22.8 Å². The van der Waals surface area contributed by atoms with Gasteiger partial charge in [0.15, 0.2) is 0 Å². The highest BCUT2D eigenvalue weighted by atomic mass is 16.5. The first-order valence-corrected chi connectivity index (χ1v) is 9.42. The minimum Gasteiger partial charge on any atom is -0.361 e. The molecule has 2 amide bonds. The van der Waals surface area contributed by atoms with Crippen molar-refractivity contribution in [3.63, 3.8) is 0 Å². The number of H-pyrrole nitrogens is 1. The normalized spacial score (nSPS) is 15.1. The molecule has 1 fully saturated rings. The molecule has 28 heavy (non-hydrogen) atoms. The number of benzene rings is 1. The Morgan fingerprint density at radius 2 is 1.79 bits per heavy atom. The first kappa shape index (κ1) is 18.1. The van der Waals surface area contributed by atoms with Crippen LogP contribution in [0.25, 0.3) is 11.0 Å². The van der Waals surface area contributed by atoms with E-state index in [9.17, 15) is 9.59 Å². The molecule has 3 aromatic rings. The molecule has 1 aromatic carbocycles. The number of aromatic amines is 1. The first-order chi connectivity index (χ1) is 13.6. The zero-order chi connectivity index (χ0) is 19.7. The van der Waals surface area contributed by atoms with Crippen molar-refractivity contribution in [3.05, 3.63) is 40.8 Å². The van der Waals surface area contributed by atoms with Gasteiger partial charge in [0, 0.05) is 31.7 Å². The third-order valence-corrected chi connectivity index (χ3v) is 5.12. The van der Waals surface area contributed by atoms with Gasteiger partial charge in [-0.3, -0.25) is 9.59 Å². The number of rotatable bonds is 3. The molecular formula is C19H22N6O3. The largest absolute Gasteiger partial charge is 0.361 e. The second-order valence-corrected chi connectivity index (χ2v) is 6.88. The molecule has 1 N–H and O–H groups in total. The topological polar surface area (TPSA) is 108 Å². The van der Waals surface area contributed by atoms with E-state index in [1.165, 1.54) is 0 Å². The molecule has 0 bridgehead atoms. The van der Waals surface area contributed by atoms with E-state index < -0.39 is 0 Å². The van der Waals surface area contributed by atoms with E-state index in [-0.39, 0.29) is 11.8 Å². The molecule has 0 unspecified atom stereocenters. The van der Waals surface area contributed by atoms with E-state index in [0.29, 0.717) is 60.7 Å². The second-order valence-electron chi connectivity index (χ2n) is 6.88. The summed E-state index contributed by atoms with van der Waals surface area (Å²) in [6, 6.07) is 5.28. The number of carbonyl (C=O) groups excluding carboxylic acids is 2. The van der Waals surface area contributed by atoms with Crippen LogP contribution in [0.2, 0.25) is 0 Å². The Bertz CT molecular complexity index is 1020. The maximum atomic E-state index is 13.0. The maximum absolute atomic E-state index is 13.0. The molecule has 0 atom stereocenters. The predicted octanol–water partition coefficient (Wildman–Crippen LogP) is 1.81. The molecule has 0 radical (unpaired) electrons. The fraction of sp³-hybridized carbons (Fsp3) is 0.421. The Morgan fingerprint density at radius 3 is 2.54 bits per heavy atom. The summed E-state index contributed by atoms with van der Waals surface area (Å²) < 4.78 is 5.20. The van der Waals surface area contributed by atoms with Gasteiger partial charge in [-0.2, -0.15) is 15.4 Å². The second kappa shape index (κ2) is 7.41. The van der Waals surface area contributed by atoms with Gasteiger partial charge >= 0.3 is 0 Å². The summed E-state index contributed by atoms with van der Waals surface area (Å²) in [6.45, 7) is 5.86. The average Bonchev–Trinajstić information content (AvgIpc) is 3.24. The number of fused-ring (bicyclic) bond motifs is 1. The van der Waals surface area contributed by atoms with Crippen molar-refractivity contribution < 1.29 is 14.1 Å². The van der Waals surface area contributed by atoms with Crippen LogP contribution in [-0.2, 0) is 6.42 Å². The number of carbonyl (C=O) groups is 2. The first-order valence-electron chi connectivity index (χ1n) is 9.42. The number of hydrogen-bond acceptors (Lipinski definition) is 6. The third kappa shape index (κ3) is 3.23. The number of hydrogen-bond donors (Lipinski definition) is 1. The summed E-state index contributed by atoms with van der Waals surface area (Å²) in [4.78, 5) is 29.5. The van der Waals surface area contributed by atoms with Crippen LogP contribution in [0.1, 0.15) is 45.5 Å². The van der Waals surface area contributed by atoms with Crippen LogP contribution < -0.4 is 0 Å². The number of aryl methyl sites for hydroxylation is 2. The Kier molecular flexibility index (Phi) is 4.81. The Morgan fingerprint density at radius 1 is 1.07 bits per heavy atom. The van der Waals surface area contributed by atoms with Crippen molar-refractivity contribution in [2.45, 2.75) is 26.7 Å². The minimum atomic E-state index is -0.0751.